The van der Waals surface area contributed by atoms with Crippen LogP contribution in [-0.4, -0.2) is 34.3 Å². The van der Waals surface area contributed by atoms with Crippen LogP contribution in [-0.2, 0) is 13.0 Å². The molecule has 2 aliphatic rings. The van der Waals surface area contributed by atoms with E-state index in [4.69, 9.17) is 9.15 Å². The van der Waals surface area contributed by atoms with Crippen molar-refractivity contribution in [3.05, 3.63) is 105 Å². The number of amides is 2. The van der Waals surface area contributed by atoms with Gasteiger partial charge in [0.1, 0.15) is 28.9 Å². The molecule has 1 aliphatic carbocycles. The van der Waals surface area contributed by atoms with E-state index in [9.17, 15) is 14.0 Å². The molecule has 0 radical (unpaired) electrons. The number of hydrogen-bond donors (Lipinski definition) is 1. The van der Waals surface area contributed by atoms with E-state index in [0.717, 1.165) is 29.5 Å². The molecule has 2 aromatic carbocycles. The number of thiazole rings is 1. The Hall–Kier alpha value is -3.98. The number of fused-ring (bicyclic) bond motifs is 1. The molecule has 1 fully saturated rings. The Morgan fingerprint density at radius 3 is 2.76 bits per heavy atom. The first kappa shape index (κ1) is 23.4. The smallest absolute Gasteiger partial charge is 0.290 e. The molecule has 1 saturated carbocycles. The average Bonchev–Trinajstić information content (AvgIpc) is 3.35. The van der Waals surface area contributed by atoms with Gasteiger partial charge in [0, 0.05) is 18.0 Å². The van der Waals surface area contributed by atoms with Crippen LogP contribution >= 0.6 is 11.3 Å². The SMILES string of the molecule is O=C(NC1CC1)c1csc(COc2ccc3c(c2)[C@H](c2ccc(F)cc2)N(C(=O)c2ccco2)CC3)n1. The summed E-state index contributed by atoms with van der Waals surface area (Å²) in [6, 6.07) is 15.2. The van der Waals surface area contributed by atoms with Crippen molar-refractivity contribution >= 4 is 23.2 Å². The van der Waals surface area contributed by atoms with E-state index >= 15 is 0 Å². The van der Waals surface area contributed by atoms with Crippen molar-refractivity contribution in [2.45, 2.75) is 38.0 Å². The molecule has 6 rings (SSSR count). The predicted octanol–water partition coefficient (Wildman–Crippen LogP) is 5.13. The fourth-order valence-electron chi connectivity index (χ4n) is 4.56. The molecular weight excluding hydrogens is 493 g/mol. The number of carbonyl (C=O) groups excluding carboxylic acids is 2. The maximum Gasteiger partial charge on any atom is 0.290 e. The third kappa shape index (κ3) is 4.99. The Balaban J connectivity index is 1.25. The summed E-state index contributed by atoms with van der Waals surface area (Å²) in [6.45, 7) is 0.718. The molecule has 188 valence electrons. The lowest BCUT2D eigenvalue weighted by Crippen LogP contribution is -2.40. The first-order valence-electron chi connectivity index (χ1n) is 12.2. The van der Waals surface area contributed by atoms with Crippen molar-refractivity contribution < 1.29 is 23.1 Å². The van der Waals surface area contributed by atoms with Crippen LogP contribution < -0.4 is 10.1 Å². The van der Waals surface area contributed by atoms with E-state index in [2.05, 4.69) is 10.3 Å². The number of carbonyl (C=O) groups is 2. The third-order valence-corrected chi connectivity index (χ3v) is 7.41. The summed E-state index contributed by atoms with van der Waals surface area (Å²) < 4.78 is 25.2. The van der Waals surface area contributed by atoms with Crippen molar-refractivity contribution in [3.8, 4) is 5.75 Å². The highest BCUT2D eigenvalue weighted by Crippen LogP contribution is 2.38. The normalized spacial score (nSPS) is 16.8. The van der Waals surface area contributed by atoms with Gasteiger partial charge in [-0.15, -0.1) is 11.3 Å². The molecule has 4 aromatic rings. The minimum absolute atomic E-state index is 0.151. The molecule has 2 aromatic heterocycles. The lowest BCUT2D eigenvalue weighted by molar-refractivity contribution is 0.0661. The number of halogens is 1. The topological polar surface area (TPSA) is 84.7 Å². The lowest BCUT2D eigenvalue weighted by atomic mass is 9.87. The fraction of sp³-hybridized carbons (Fsp3) is 0.250. The molecule has 1 N–H and O–H groups in total. The summed E-state index contributed by atoms with van der Waals surface area (Å²) in [5, 5.41) is 5.38. The monoisotopic (exact) mass is 517 g/mol. The zero-order valence-corrected chi connectivity index (χ0v) is 20.7. The summed E-state index contributed by atoms with van der Waals surface area (Å²) in [5.74, 6) is 0.165. The number of nitrogens with one attached hydrogen (secondary N) is 1. The van der Waals surface area contributed by atoms with E-state index in [-0.39, 0.29) is 36.0 Å². The molecule has 37 heavy (non-hydrogen) atoms. The van der Waals surface area contributed by atoms with Crippen LogP contribution in [0.5, 0.6) is 5.75 Å². The Kier molecular flexibility index (Phi) is 6.21. The molecule has 0 unspecified atom stereocenters. The summed E-state index contributed by atoms with van der Waals surface area (Å²) in [7, 11) is 0. The number of hydrogen-bond acceptors (Lipinski definition) is 6. The first-order valence-corrected chi connectivity index (χ1v) is 13.0. The molecule has 0 bridgehead atoms. The molecule has 3 heterocycles. The van der Waals surface area contributed by atoms with Crippen molar-refractivity contribution in [3.63, 3.8) is 0 Å². The average molecular weight is 518 g/mol. The van der Waals surface area contributed by atoms with Gasteiger partial charge in [-0.3, -0.25) is 9.59 Å². The summed E-state index contributed by atoms with van der Waals surface area (Å²) >= 11 is 1.38. The van der Waals surface area contributed by atoms with Crippen LogP contribution in [0.25, 0.3) is 0 Å². The highest BCUT2D eigenvalue weighted by Gasteiger charge is 2.34. The standard InChI is InChI=1S/C28H24FN3O4S/c29-19-6-3-18(4-7-19)26-22-14-21(36-15-25-31-23(16-37-25)27(33)30-20-8-9-20)10-5-17(22)11-12-32(26)28(34)24-2-1-13-35-24/h1-7,10,13-14,16,20,26H,8-9,11-12,15H2,(H,30,33)/t26-/m0/s1. The van der Waals surface area contributed by atoms with E-state index < -0.39 is 6.04 Å². The van der Waals surface area contributed by atoms with Crippen molar-refractivity contribution in [2.24, 2.45) is 0 Å². The van der Waals surface area contributed by atoms with Gasteiger partial charge >= 0.3 is 0 Å². The minimum atomic E-state index is -0.428. The van der Waals surface area contributed by atoms with Gasteiger partial charge in [0.05, 0.1) is 12.3 Å². The van der Waals surface area contributed by atoms with Crippen molar-refractivity contribution in [1.82, 2.24) is 15.2 Å². The quantitative estimate of drug-likeness (QED) is 0.367. The van der Waals surface area contributed by atoms with Crippen LogP contribution in [0.3, 0.4) is 0 Å². The number of nitrogens with zero attached hydrogens (tertiary/aromatic N) is 2. The van der Waals surface area contributed by atoms with Crippen LogP contribution in [0.2, 0.25) is 0 Å². The number of aromatic nitrogens is 1. The van der Waals surface area contributed by atoms with E-state index in [1.54, 1.807) is 34.5 Å². The third-order valence-electron chi connectivity index (χ3n) is 6.58. The van der Waals surface area contributed by atoms with E-state index in [0.29, 0.717) is 29.4 Å². The molecule has 1 aliphatic heterocycles. The van der Waals surface area contributed by atoms with Crippen molar-refractivity contribution in [1.29, 1.82) is 0 Å². The van der Waals surface area contributed by atoms with Gasteiger partial charge in [0.15, 0.2) is 5.76 Å². The summed E-state index contributed by atoms with van der Waals surface area (Å²) in [6.07, 6.45) is 4.19. The minimum Gasteiger partial charge on any atom is -0.486 e. The second-order valence-corrected chi connectivity index (χ2v) is 10.1. The maximum absolute atomic E-state index is 13.7. The van der Waals surface area contributed by atoms with Gasteiger partial charge in [0.25, 0.3) is 11.8 Å². The van der Waals surface area contributed by atoms with E-state index in [1.807, 2.05) is 18.2 Å². The molecule has 0 spiro atoms. The van der Waals surface area contributed by atoms with Gasteiger partial charge < -0.3 is 19.4 Å². The fourth-order valence-corrected chi connectivity index (χ4v) is 5.25. The Labute approximate surface area is 216 Å². The zero-order chi connectivity index (χ0) is 25.4. The highest BCUT2D eigenvalue weighted by atomic mass is 32.1. The molecule has 7 nitrogen and oxygen atoms in total. The number of benzene rings is 2. The first-order chi connectivity index (χ1) is 18.0. The van der Waals surface area contributed by atoms with Gasteiger partial charge in [-0.05, 0) is 72.4 Å². The van der Waals surface area contributed by atoms with Crippen LogP contribution in [0, 0.1) is 5.82 Å². The van der Waals surface area contributed by atoms with Gasteiger partial charge in [0.2, 0.25) is 0 Å². The second-order valence-electron chi connectivity index (χ2n) is 9.20. The largest absolute Gasteiger partial charge is 0.486 e. The Morgan fingerprint density at radius 2 is 2.00 bits per heavy atom. The molecular formula is C28H24FN3O4S. The van der Waals surface area contributed by atoms with Crippen LogP contribution in [0.4, 0.5) is 4.39 Å². The molecule has 0 saturated heterocycles. The van der Waals surface area contributed by atoms with Crippen LogP contribution in [0.15, 0.2) is 70.7 Å². The molecule has 9 heteroatoms. The van der Waals surface area contributed by atoms with Gasteiger partial charge in [-0.1, -0.05) is 18.2 Å². The molecule has 2 amide bonds. The lowest BCUT2D eigenvalue weighted by Gasteiger charge is -2.37. The number of furan rings is 1. The zero-order valence-electron chi connectivity index (χ0n) is 19.9. The Morgan fingerprint density at radius 1 is 1.16 bits per heavy atom. The summed E-state index contributed by atoms with van der Waals surface area (Å²) in [4.78, 5) is 31.7. The Bertz CT molecular complexity index is 1430. The summed E-state index contributed by atoms with van der Waals surface area (Å²) in [5.41, 5.74) is 3.22. The van der Waals surface area contributed by atoms with Crippen LogP contribution in [0.1, 0.15) is 61.6 Å². The highest BCUT2D eigenvalue weighted by molar-refractivity contribution is 7.09. The number of ether oxygens (including phenoxy) is 1. The van der Waals surface area contributed by atoms with Crippen molar-refractivity contribution in [2.75, 3.05) is 6.54 Å². The predicted molar refractivity (Wildman–Crippen MR) is 135 cm³/mol. The van der Waals surface area contributed by atoms with E-state index in [1.165, 1.54) is 29.7 Å². The number of rotatable bonds is 7. The van der Waals surface area contributed by atoms with Gasteiger partial charge in [-0.2, -0.15) is 0 Å². The second kappa shape index (κ2) is 9.82. The van der Waals surface area contributed by atoms with Gasteiger partial charge in [-0.25, -0.2) is 9.37 Å². The maximum atomic E-state index is 13.7. The molecule has 1 atom stereocenters.